The lowest BCUT2D eigenvalue weighted by Gasteiger charge is -2.04. The fraction of sp³-hybridized carbons (Fsp3) is 0.100. The average molecular weight is 322 g/mol. The van der Waals surface area contributed by atoms with Gasteiger partial charge in [-0.1, -0.05) is 67.3 Å². The summed E-state index contributed by atoms with van der Waals surface area (Å²) in [5.41, 5.74) is 4.41. The van der Waals surface area contributed by atoms with E-state index >= 15 is 0 Å². The van der Waals surface area contributed by atoms with Crippen molar-refractivity contribution in [2.24, 2.45) is 0 Å². The summed E-state index contributed by atoms with van der Waals surface area (Å²) >= 11 is 5.31. The third kappa shape index (κ3) is 5.01. The van der Waals surface area contributed by atoms with Gasteiger partial charge in [-0.15, -0.1) is 0 Å². The molecular formula is C20H18O2S. The minimum Gasteiger partial charge on any atom is -0.478 e. The second-order valence-electron chi connectivity index (χ2n) is 5.39. The van der Waals surface area contributed by atoms with E-state index in [0.717, 1.165) is 33.5 Å². The number of allylic oxidation sites excluding steroid dienone is 1. The molecule has 0 atom stereocenters. The van der Waals surface area contributed by atoms with Crippen molar-refractivity contribution >= 4 is 35.2 Å². The summed E-state index contributed by atoms with van der Waals surface area (Å²) in [7, 11) is 0. The summed E-state index contributed by atoms with van der Waals surface area (Å²) < 4.78 is 0. The van der Waals surface area contributed by atoms with Crippen LogP contribution < -0.4 is 0 Å². The molecular weight excluding hydrogens is 304 g/mol. The maximum absolute atomic E-state index is 10.8. The van der Waals surface area contributed by atoms with Crippen molar-refractivity contribution in [2.75, 3.05) is 0 Å². The summed E-state index contributed by atoms with van der Waals surface area (Å²) in [5, 5.41) is 8.89. The molecule has 3 heteroatoms. The highest BCUT2D eigenvalue weighted by atomic mass is 32.1. The topological polar surface area (TPSA) is 37.3 Å². The number of benzene rings is 2. The van der Waals surface area contributed by atoms with Crippen LogP contribution in [0, 0.1) is 0 Å². The molecule has 23 heavy (non-hydrogen) atoms. The number of carbonyl (C=O) groups is 1. The van der Waals surface area contributed by atoms with E-state index in [0.29, 0.717) is 0 Å². The summed E-state index contributed by atoms with van der Waals surface area (Å²) in [5.74, 6) is -0.915. The predicted molar refractivity (Wildman–Crippen MR) is 99.9 cm³/mol. The largest absolute Gasteiger partial charge is 0.478 e. The molecule has 0 heterocycles. The summed E-state index contributed by atoms with van der Waals surface area (Å²) in [6, 6.07) is 15.0. The van der Waals surface area contributed by atoms with Gasteiger partial charge < -0.3 is 5.11 Å². The van der Waals surface area contributed by atoms with Gasteiger partial charge in [-0.3, -0.25) is 0 Å². The van der Waals surface area contributed by atoms with Crippen LogP contribution in [0.5, 0.6) is 0 Å². The molecule has 2 aromatic rings. The van der Waals surface area contributed by atoms with Crippen molar-refractivity contribution in [3.05, 3.63) is 82.9 Å². The molecule has 2 nitrogen and oxygen atoms in total. The lowest BCUT2D eigenvalue weighted by molar-refractivity contribution is 0.0697. The van der Waals surface area contributed by atoms with Gasteiger partial charge >= 0.3 is 5.97 Å². The van der Waals surface area contributed by atoms with Crippen LogP contribution in [0.3, 0.4) is 0 Å². The van der Waals surface area contributed by atoms with Crippen molar-refractivity contribution < 1.29 is 9.90 Å². The van der Waals surface area contributed by atoms with Crippen LogP contribution in [0.4, 0.5) is 0 Å². The SMILES string of the molecule is C=C(C)C(=S)Cc1cccc(/C=C/c2ccc(C(=O)O)cc2)c1. The summed E-state index contributed by atoms with van der Waals surface area (Å²) in [6.07, 6.45) is 4.69. The van der Waals surface area contributed by atoms with Crippen LogP contribution in [-0.4, -0.2) is 15.9 Å². The molecule has 0 aliphatic carbocycles. The van der Waals surface area contributed by atoms with Gasteiger partial charge in [0.15, 0.2) is 0 Å². The second-order valence-corrected chi connectivity index (χ2v) is 5.88. The molecule has 0 saturated carbocycles. The number of thiocarbonyl (C=S) groups is 1. The smallest absolute Gasteiger partial charge is 0.335 e. The molecule has 0 bridgehead atoms. The Bertz CT molecular complexity index is 770. The Balaban J connectivity index is 2.11. The van der Waals surface area contributed by atoms with Gasteiger partial charge in [-0.2, -0.15) is 0 Å². The fourth-order valence-corrected chi connectivity index (χ4v) is 2.24. The average Bonchev–Trinajstić information content (AvgIpc) is 2.53. The number of hydrogen-bond acceptors (Lipinski definition) is 2. The van der Waals surface area contributed by atoms with Crippen molar-refractivity contribution in [1.82, 2.24) is 0 Å². The first-order valence-corrected chi connectivity index (χ1v) is 7.65. The van der Waals surface area contributed by atoms with E-state index in [4.69, 9.17) is 17.3 Å². The first kappa shape index (κ1) is 16.8. The Morgan fingerprint density at radius 2 is 1.78 bits per heavy atom. The molecule has 2 aromatic carbocycles. The molecule has 0 aromatic heterocycles. The normalized spacial score (nSPS) is 10.7. The monoisotopic (exact) mass is 322 g/mol. The number of rotatable bonds is 6. The molecule has 0 aliphatic heterocycles. The van der Waals surface area contributed by atoms with Crippen LogP contribution in [0.15, 0.2) is 60.7 Å². The third-order valence-electron chi connectivity index (χ3n) is 3.42. The minimum atomic E-state index is -0.915. The second kappa shape index (κ2) is 7.65. The molecule has 0 unspecified atom stereocenters. The van der Waals surface area contributed by atoms with E-state index in [-0.39, 0.29) is 5.56 Å². The molecule has 0 saturated heterocycles. The molecule has 0 fully saturated rings. The van der Waals surface area contributed by atoms with Crippen LogP contribution in [0.1, 0.15) is 34.0 Å². The zero-order valence-corrected chi connectivity index (χ0v) is 13.8. The number of carboxylic acids is 1. The van der Waals surface area contributed by atoms with E-state index < -0.39 is 5.97 Å². The van der Waals surface area contributed by atoms with Gasteiger partial charge in [0.1, 0.15) is 0 Å². The Morgan fingerprint density at radius 1 is 1.13 bits per heavy atom. The highest BCUT2D eigenvalue weighted by Gasteiger charge is 2.01. The summed E-state index contributed by atoms with van der Waals surface area (Å²) in [6.45, 7) is 5.80. The molecule has 0 radical (unpaired) electrons. The number of carboxylic acid groups (broad SMARTS) is 1. The Morgan fingerprint density at radius 3 is 2.39 bits per heavy atom. The molecule has 2 rings (SSSR count). The molecule has 0 aliphatic rings. The molecule has 1 N–H and O–H groups in total. The van der Waals surface area contributed by atoms with Gasteiger partial charge in [0.25, 0.3) is 0 Å². The van der Waals surface area contributed by atoms with Gasteiger partial charge in [0.05, 0.1) is 5.56 Å². The Kier molecular flexibility index (Phi) is 5.61. The van der Waals surface area contributed by atoms with Gasteiger partial charge in [-0.05, 0) is 41.3 Å². The molecule has 0 amide bonds. The van der Waals surface area contributed by atoms with Crippen molar-refractivity contribution in [3.8, 4) is 0 Å². The Labute approximate surface area is 141 Å². The van der Waals surface area contributed by atoms with E-state index in [9.17, 15) is 4.79 Å². The molecule has 0 spiro atoms. The van der Waals surface area contributed by atoms with Crippen LogP contribution in [0.2, 0.25) is 0 Å². The van der Waals surface area contributed by atoms with Gasteiger partial charge in [0, 0.05) is 11.3 Å². The van der Waals surface area contributed by atoms with Gasteiger partial charge in [-0.25, -0.2) is 4.79 Å². The van der Waals surface area contributed by atoms with Crippen molar-refractivity contribution in [1.29, 1.82) is 0 Å². The lowest BCUT2D eigenvalue weighted by Crippen LogP contribution is -2.00. The highest BCUT2D eigenvalue weighted by Crippen LogP contribution is 2.13. The minimum absolute atomic E-state index is 0.289. The van der Waals surface area contributed by atoms with Crippen LogP contribution in [0.25, 0.3) is 12.2 Å². The maximum atomic E-state index is 10.8. The predicted octanol–water partition coefficient (Wildman–Crippen LogP) is 5.04. The van der Waals surface area contributed by atoms with Crippen LogP contribution in [-0.2, 0) is 6.42 Å². The van der Waals surface area contributed by atoms with Crippen molar-refractivity contribution in [2.45, 2.75) is 13.3 Å². The van der Waals surface area contributed by atoms with E-state index in [1.807, 2.05) is 37.3 Å². The van der Waals surface area contributed by atoms with E-state index in [1.165, 1.54) is 0 Å². The lowest BCUT2D eigenvalue weighted by atomic mass is 10.0. The number of aromatic carboxylic acids is 1. The summed E-state index contributed by atoms with van der Waals surface area (Å²) in [4.78, 5) is 11.7. The third-order valence-corrected chi connectivity index (χ3v) is 3.91. The zero-order chi connectivity index (χ0) is 16.8. The highest BCUT2D eigenvalue weighted by molar-refractivity contribution is 7.80. The molecule has 116 valence electrons. The number of hydrogen-bond donors (Lipinski definition) is 1. The zero-order valence-electron chi connectivity index (χ0n) is 13.0. The van der Waals surface area contributed by atoms with Crippen LogP contribution >= 0.6 is 12.2 Å². The standard InChI is InChI=1S/C20H18O2S/c1-14(2)19(23)13-17-5-3-4-16(12-17)7-6-15-8-10-18(11-9-15)20(21)22/h3-12H,1,13H2,2H3,(H,21,22)/b7-6+. The maximum Gasteiger partial charge on any atom is 0.335 e. The van der Waals surface area contributed by atoms with Crippen molar-refractivity contribution in [3.63, 3.8) is 0 Å². The van der Waals surface area contributed by atoms with E-state index in [1.54, 1.807) is 24.3 Å². The first-order valence-electron chi connectivity index (χ1n) is 7.25. The van der Waals surface area contributed by atoms with Gasteiger partial charge in [0.2, 0.25) is 0 Å². The first-order chi connectivity index (χ1) is 11.0. The van der Waals surface area contributed by atoms with E-state index in [2.05, 4.69) is 12.6 Å². The Hall–Kier alpha value is -2.52. The fourth-order valence-electron chi connectivity index (χ4n) is 2.07. The quantitative estimate of drug-likeness (QED) is 0.460.